The van der Waals surface area contributed by atoms with Gasteiger partial charge in [0.05, 0.1) is 0 Å². The van der Waals surface area contributed by atoms with E-state index in [4.69, 9.17) is 4.70 Å². The van der Waals surface area contributed by atoms with E-state index >= 15 is 0 Å². The third-order valence-corrected chi connectivity index (χ3v) is 0. The molecule has 0 aromatic rings. The zero-order valence-corrected chi connectivity index (χ0v) is 9.27. The van der Waals surface area contributed by atoms with Crippen LogP contribution in [0.25, 0.3) is 0 Å². The Balaban J connectivity index is -0.00000000500. The summed E-state index contributed by atoms with van der Waals surface area (Å²) in [6, 6.07) is 0. The van der Waals surface area contributed by atoms with E-state index in [2.05, 4.69) is 7.72 Å². The third kappa shape index (κ3) is 8.82. The van der Waals surface area contributed by atoms with Gasteiger partial charge in [0.15, 0.2) is 0 Å². The Hall–Kier alpha value is 2.51. The minimum atomic E-state index is 0. The molecule has 0 aromatic heterocycles. The van der Waals surface area contributed by atoms with Crippen molar-refractivity contribution in [1.29, 1.82) is 0 Å². The Morgan fingerprint density at radius 3 is 1.25 bits per heavy atom. The van der Waals surface area contributed by atoms with Crippen LogP contribution in [0.1, 0.15) is 0 Å². The molecule has 1 nitrogen and oxygen atoms in total. The first-order valence-corrected chi connectivity index (χ1v) is 0.236. The zero-order chi connectivity index (χ0) is 2.00. The molecular formula is BCsLiO. The van der Waals surface area contributed by atoms with Gasteiger partial charge >= 0.3 is 12.4 Å². The molecule has 0 N–H and O–H groups in total. The SMILES string of the molecule is [B]=O.[Cs].[Li]. The van der Waals surface area contributed by atoms with E-state index in [1.165, 1.54) is 0 Å². The molecule has 0 rings (SSSR count). The van der Waals surface area contributed by atoms with Gasteiger partial charge in [0.25, 0.3) is 0 Å². The van der Waals surface area contributed by atoms with Crippen molar-refractivity contribution in [1.82, 2.24) is 0 Å². The van der Waals surface area contributed by atoms with Crippen LogP contribution in [0, 0.1) is 0 Å². The third-order valence-electron chi connectivity index (χ3n) is 0. The molecule has 0 unspecified atom stereocenters. The Bertz CT molecular complexity index is 8.00. The average molecular weight is 167 g/mol. The second-order valence-electron chi connectivity index (χ2n) is 0. The smallest absolute Gasteiger partial charge is 0 e. The molecule has 0 bridgehead atoms. The Labute approximate surface area is 97.3 Å². The topological polar surface area (TPSA) is 17.1 Å². The van der Waals surface area contributed by atoms with Crippen molar-refractivity contribution < 1.29 is 4.70 Å². The van der Waals surface area contributed by atoms with Gasteiger partial charge in [0, 0.05) is 87.8 Å². The average Bonchev–Trinajstić information content (AvgIpc) is 1.00. The summed E-state index contributed by atoms with van der Waals surface area (Å²) in [5.74, 6) is 0. The summed E-state index contributed by atoms with van der Waals surface area (Å²) in [6.45, 7) is 0. The summed E-state index contributed by atoms with van der Waals surface area (Å²) < 4.78 is 7.75. The maximum absolute atomic E-state index is 7.75. The second-order valence-corrected chi connectivity index (χ2v) is 0. The molecule has 0 aliphatic heterocycles. The van der Waals surface area contributed by atoms with E-state index in [0.717, 1.165) is 0 Å². The summed E-state index contributed by atoms with van der Waals surface area (Å²) in [6.07, 6.45) is 0. The van der Waals surface area contributed by atoms with Crippen molar-refractivity contribution in [2.24, 2.45) is 0 Å². The molecule has 0 spiro atoms. The van der Waals surface area contributed by atoms with Crippen LogP contribution >= 0.6 is 0 Å². The Morgan fingerprint density at radius 2 is 1.25 bits per heavy atom. The van der Waals surface area contributed by atoms with Crippen LogP contribution in [0.4, 0.5) is 0 Å². The molecule has 4 heavy (non-hydrogen) atoms. The molecule has 0 aliphatic rings. The Morgan fingerprint density at radius 1 is 1.25 bits per heavy atom. The minimum Gasteiger partial charge on any atom is 0 e. The molecule has 0 saturated carbocycles. The van der Waals surface area contributed by atoms with Crippen molar-refractivity contribution >= 4 is 95.5 Å². The Kier molecular flexibility index (Phi) is 71.3. The maximum atomic E-state index is 7.75. The van der Waals surface area contributed by atoms with E-state index < -0.39 is 0 Å². The first-order chi connectivity index (χ1) is 1.00. The van der Waals surface area contributed by atoms with Gasteiger partial charge < -0.3 is 0 Å². The molecule has 0 amide bonds. The first-order valence-electron chi connectivity index (χ1n) is 0.236. The predicted molar refractivity (Wildman–Crippen MR) is 17.9 cm³/mol. The standard InChI is InChI=1S/BO.Cs.Li/c1-2;;. The van der Waals surface area contributed by atoms with Gasteiger partial charge in [0.2, 0.25) is 0 Å². The maximum Gasteiger partial charge on any atom is 0 e. The van der Waals surface area contributed by atoms with Crippen LogP contribution in [-0.4, -0.2) is 95.5 Å². The van der Waals surface area contributed by atoms with E-state index in [1.54, 1.807) is 0 Å². The molecule has 0 fully saturated rings. The fourth-order valence-electron chi connectivity index (χ4n) is 0. The zero-order valence-electron chi connectivity index (χ0n) is 2.99. The summed E-state index contributed by atoms with van der Waals surface area (Å²) in [7, 11) is 3.25. The largest absolute Gasteiger partial charge is 0 e. The second kappa shape index (κ2) is 17.8. The van der Waals surface area contributed by atoms with E-state index in [-0.39, 0.29) is 87.8 Å². The first kappa shape index (κ1) is 16.0. The van der Waals surface area contributed by atoms with Crippen molar-refractivity contribution in [3.8, 4) is 0 Å². The van der Waals surface area contributed by atoms with Crippen molar-refractivity contribution in [2.75, 3.05) is 0 Å². The van der Waals surface area contributed by atoms with Crippen molar-refractivity contribution in [3.05, 3.63) is 0 Å². The summed E-state index contributed by atoms with van der Waals surface area (Å²) in [4.78, 5) is 0. The quantitative estimate of drug-likeness (QED) is 0.411. The molecule has 0 aliphatic carbocycles. The van der Waals surface area contributed by atoms with Crippen LogP contribution < -0.4 is 0 Å². The number of hydrogen-bond donors (Lipinski definition) is 0. The monoisotopic (exact) mass is 167 g/mol. The van der Waals surface area contributed by atoms with Gasteiger partial charge in [-0.1, -0.05) is 0 Å². The number of rotatable bonds is 0. The molecule has 3 radical (unpaired) electrons. The van der Waals surface area contributed by atoms with Gasteiger partial charge in [-0.15, -0.1) is 0 Å². The molecular weight excluding hydrogens is 167 g/mol. The van der Waals surface area contributed by atoms with Crippen molar-refractivity contribution in [3.63, 3.8) is 0 Å². The van der Waals surface area contributed by atoms with Crippen LogP contribution in [0.5, 0.6) is 0 Å². The summed E-state index contributed by atoms with van der Waals surface area (Å²) in [5.41, 5.74) is 0. The molecule has 0 heterocycles. The molecule has 11 valence electrons. The van der Waals surface area contributed by atoms with Gasteiger partial charge in [-0.05, 0) is 0 Å². The van der Waals surface area contributed by atoms with E-state index in [0.29, 0.717) is 0 Å². The molecule has 0 atom stereocenters. The summed E-state index contributed by atoms with van der Waals surface area (Å²) in [5, 5.41) is 0. The van der Waals surface area contributed by atoms with E-state index in [9.17, 15) is 0 Å². The van der Waals surface area contributed by atoms with Gasteiger partial charge in [-0.3, -0.25) is 0 Å². The van der Waals surface area contributed by atoms with Crippen molar-refractivity contribution in [2.45, 2.75) is 0 Å². The summed E-state index contributed by atoms with van der Waals surface area (Å²) >= 11 is 0. The van der Waals surface area contributed by atoms with Gasteiger partial charge in [-0.2, -0.15) is 0 Å². The normalized spacial score (nSPS) is 0.750. The van der Waals surface area contributed by atoms with Crippen LogP contribution in [-0.2, 0) is 4.70 Å². The van der Waals surface area contributed by atoms with Gasteiger partial charge in [0.1, 0.15) is 0 Å². The number of hydrogen-bond acceptors (Lipinski definition) is 1. The fourth-order valence-corrected chi connectivity index (χ4v) is 0. The minimum absolute atomic E-state index is 0. The predicted octanol–water partition coefficient (Wildman–Crippen LogP) is -1.26. The van der Waals surface area contributed by atoms with Crippen LogP contribution in [0.3, 0.4) is 0 Å². The van der Waals surface area contributed by atoms with E-state index in [1.807, 2.05) is 0 Å². The van der Waals surface area contributed by atoms with Crippen LogP contribution in [0.15, 0.2) is 0 Å². The molecule has 0 aromatic carbocycles. The molecule has 0 saturated heterocycles. The fraction of sp³-hybridized carbons (Fsp3) is 0. The van der Waals surface area contributed by atoms with Crippen LogP contribution in [0.2, 0.25) is 0 Å². The van der Waals surface area contributed by atoms with Gasteiger partial charge in [-0.25, -0.2) is 0 Å². The molecule has 4 heteroatoms.